The number of rotatable bonds is 2. The summed E-state index contributed by atoms with van der Waals surface area (Å²) in [6.45, 7) is 17.0. The van der Waals surface area contributed by atoms with E-state index in [1.54, 1.807) is 5.57 Å². The average Bonchev–Trinajstić information content (AvgIpc) is 2.66. The van der Waals surface area contributed by atoms with E-state index in [0.717, 1.165) is 11.8 Å². The van der Waals surface area contributed by atoms with Crippen LogP contribution in [0.5, 0.6) is 0 Å². The fourth-order valence-corrected chi connectivity index (χ4v) is 6.79. The molecule has 4 atom stereocenters. The lowest BCUT2D eigenvalue weighted by Crippen LogP contribution is -2.46. The second kappa shape index (κ2) is 4.15. The van der Waals surface area contributed by atoms with Gasteiger partial charge in [0.15, 0.2) is 0 Å². The Balaban J connectivity index is 2.16. The van der Waals surface area contributed by atoms with Crippen molar-refractivity contribution < 1.29 is 4.43 Å². The van der Waals surface area contributed by atoms with Crippen molar-refractivity contribution >= 4 is 8.32 Å². The van der Waals surface area contributed by atoms with Gasteiger partial charge in [0.05, 0.1) is 5.76 Å². The molecule has 0 heterocycles. The summed E-state index contributed by atoms with van der Waals surface area (Å²) in [5, 5.41) is 0. The molecule has 0 aromatic rings. The number of hydrogen-bond donors (Lipinski definition) is 0. The Labute approximate surface area is 126 Å². The van der Waals surface area contributed by atoms with Crippen LogP contribution in [0, 0.1) is 28.6 Å². The van der Waals surface area contributed by atoms with E-state index in [1.807, 2.05) is 0 Å². The van der Waals surface area contributed by atoms with E-state index in [4.69, 9.17) is 4.43 Å². The molecule has 0 amide bonds. The average molecular weight is 293 g/mol. The van der Waals surface area contributed by atoms with Crippen LogP contribution in [0.4, 0.5) is 0 Å². The maximum Gasteiger partial charge on any atom is 0.241 e. The number of hydrogen-bond acceptors (Lipinski definition) is 1. The van der Waals surface area contributed by atoms with Crippen LogP contribution < -0.4 is 0 Å². The molecule has 1 unspecified atom stereocenters. The molecular formula is C18H32OSi. The quantitative estimate of drug-likeness (QED) is 0.602. The molecule has 2 fully saturated rings. The third-order valence-electron chi connectivity index (χ3n) is 6.69. The molecule has 0 saturated heterocycles. The molecule has 114 valence electrons. The maximum absolute atomic E-state index is 6.69. The molecule has 2 bridgehead atoms. The van der Waals surface area contributed by atoms with Crippen molar-refractivity contribution in [2.75, 3.05) is 0 Å². The van der Waals surface area contributed by atoms with Gasteiger partial charge in [-0.15, -0.1) is 0 Å². The first kappa shape index (κ1) is 14.7. The first-order chi connectivity index (χ1) is 9.11. The Bertz CT molecular complexity index is 457. The predicted molar refractivity (Wildman–Crippen MR) is 88.0 cm³/mol. The van der Waals surface area contributed by atoms with Crippen LogP contribution in [0.25, 0.3) is 0 Å². The van der Waals surface area contributed by atoms with Gasteiger partial charge >= 0.3 is 0 Å². The molecule has 0 aromatic heterocycles. The van der Waals surface area contributed by atoms with E-state index in [2.05, 4.69) is 47.3 Å². The molecule has 0 radical (unpaired) electrons. The lowest BCUT2D eigenvalue weighted by atomic mass is 9.52. The third kappa shape index (κ3) is 1.66. The minimum atomic E-state index is -1.52. The highest BCUT2D eigenvalue weighted by Crippen LogP contribution is 2.73. The first-order valence-corrected chi connectivity index (χ1v) is 12.0. The van der Waals surface area contributed by atoms with Gasteiger partial charge in [0, 0.05) is 11.3 Å². The smallest absolute Gasteiger partial charge is 0.241 e. The molecule has 3 aliphatic carbocycles. The predicted octanol–water partition coefficient (Wildman–Crippen LogP) is 5.59. The van der Waals surface area contributed by atoms with E-state index in [0.29, 0.717) is 16.7 Å². The minimum Gasteiger partial charge on any atom is -0.547 e. The Morgan fingerprint density at radius 3 is 2.30 bits per heavy atom. The summed E-state index contributed by atoms with van der Waals surface area (Å²) < 4.78 is 6.69. The third-order valence-corrected chi connectivity index (χ3v) is 7.53. The molecule has 0 N–H and O–H groups in total. The zero-order valence-corrected chi connectivity index (χ0v) is 15.5. The fourth-order valence-electron chi connectivity index (χ4n) is 5.88. The van der Waals surface area contributed by atoms with Crippen LogP contribution in [-0.2, 0) is 4.43 Å². The van der Waals surface area contributed by atoms with Gasteiger partial charge in [-0.1, -0.05) is 27.7 Å². The van der Waals surface area contributed by atoms with Crippen LogP contribution in [0.1, 0.15) is 53.4 Å². The highest BCUT2D eigenvalue weighted by atomic mass is 28.4. The highest BCUT2D eigenvalue weighted by Gasteiger charge is 2.66. The SMILES string of the molecule is CC1CC[C@@]23C1=C(O[Si](C)(C)C)[C@@H](CC[C@H]2C)C3(C)C. The van der Waals surface area contributed by atoms with Crippen molar-refractivity contribution in [3.8, 4) is 0 Å². The molecular weight excluding hydrogens is 260 g/mol. The molecule has 20 heavy (non-hydrogen) atoms. The van der Waals surface area contributed by atoms with Gasteiger partial charge in [-0.3, -0.25) is 0 Å². The minimum absolute atomic E-state index is 0.403. The molecule has 3 aliphatic rings. The van der Waals surface area contributed by atoms with Gasteiger partial charge in [0.25, 0.3) is 0 Å². The van der Waals surface area contributed by atoms with E-state index in [-0.39, 0.29) is 0 Å². The van der Waals surface area contributed by atoms with E-state index >= 15 is 0 Å². The summed E-state index contributed by atoms with van der Waals surface area (Å²) in [5.41, 5.74) is 2.60. The zero-order chi connectivity index (χ0) is 14.9. The van der Waals surface area contributed by atoms with Crippen molar-refractivity contribution in [3.63, 3.8) is 0 Å². The molecule has 1 spiro atoms. The van der Waals surface area contributed by atoms with Gasteiger partial charge < -0.3 is 4.43 Å². The van der Waals surface area contributed by atoms with Crippen LogP contribution in [0.3, 0.4) is 0 Å². The Kier molecular flexibility index (Phi) is 3.05. The zero-order valence-electron chi connectivity index (χ0n) is 14.5. The number of allylic oxidation sites excluding steroid dienone is 2. The Hall–Kier alpha value is -0.243. The van der Waals surface area contributed by atoms with Gasteiger partial charge in [-0.05, 0) is 68.1 Å². The molecule has 1 nitrogen and oxygen atoms in total. The topological polar surface area (TPSA) is 9.23 Å². The van der Waals surface area contributed by atoms with Crippen molar-refractivity contribution in [1.29, 1.82) is 0 Å². The van der Waals surface area contributed by atoms with Gasteiger partial charge in [-0.25, -0.2) is 0 Å². The normalized spacial score (nSPS) is 42.9. The summed E-state index contributed by atoms with van der Waals surface area (Å²) in [6, 6.07) is 0. The summed E-state index contributed by atoms with van der Waals surface area (Å²) >= 11 is 0. The standard InChI is InChI=1S/C18H32OSi/c1-12-10-11-18-13(2)8-9-14(17(18,3)4)16(15(12)18)19-20(5,6)7/h12-14H,8-11H2,1-7H3/t12?,13-,14-,18+/m1/s1. The molecule has 2 heteroatoms. The molecule has 0 aliphatic heterocycles. The first-order valence-electron chi connectivity index (χ1n) is 8.55. The van der Waals surface area contributed by atoms with Crippen LogP contribution in [-0.4, -0.2) is 8.32 Å². The molecule has 2 saturated carbocycles. The molecule has 3 rings (SSSR count). The van der Waals surface area contributed by atoms with Crippen molar-refractivity contribution in [1.82, 2.24) is 0 Å². The lowest BCUT2D eigenvalue weighted by molar-refractivity contribution is -0.0155. The highest BCUT2D eigenvalue weighted by molar-refractivity contribution is 6.70. The largest absolute Gasteiger partial charge is 0.547 e. The summed E-state index contributed by atoms with van der Waals surface area (Å²) in [5.74, 6) is 3.72. The fraction of sp³-hybridized carbons (Fsp3) is 0.889. The van der Waals surface area contributed by atoms with E-state index in [1.165, 1.54) is 31.4 Å². The summed E-state index contributed by atoms with van der Waals surface area (Å²) in [7, 11) is -1.52. The van der Waals surface area contributed by atoms with Crippen LogP contribution in [0.15, 0.2) is 11.3 Å². The van der Waals surface area contributed by atoms with Crippen molar-refractivity contribution in [3.05, 3.63) is 11.3 Å². The lowest BCUT2D eigenvalue weighted by Gasteiger charge is -2.52. The number of fused-ring (bicyclic) bond motifs is 1. The summed E-state index contributed by atoms with van der Waals surface area (Å²) in [4.78, 5) is 0. The second-order valence-corrected chi connectivity index (χ2v) is 13.6. The van der Waals surface area contributed by atoms with Crippen molar-refractivity contribution in [2.24, 2.45) is 28.6 Å². The van der Waals surface area contributed by atoms with Gasteiger partial charge in [0.1, 0.15) is 0 Å². The van der Waals surface area contributed by atoms with Gasteiger partial charge in [0.2, 0.25) is 8.32 Å². The van der Waals surface area contributed by atoms with Crippen molar-refractivity contribution in [2.45, 2.75) is 73.0 Å². The Morgan fingerprint density at radius 2 is 1.70 bits per heavy atom. The Morgan fingerprint density at radius 1 is 1.05 bits per heavy atom. The van der Waals surface area contributed by atoms with E-state index in [9.17, 15) is 0 Å². The van der Waals surface area contributed by atoms with Crippen LogP contribution >= 0.6 is 0 Å². The summed E-state index contributed by atoms with van der Waals surface area (Å²) in [6.07, 6.45) is 5.50. The monoisotopic (exact) mass is 292 g/mol. The van der Waals surface area contributed by atoms with E-state index < -0.39 is 8.32 Å². The molecule has 0 aromatic carbocycles. The maximum atomic E-state index is 6.69. The van der Waals surface area contributed by atoms with Crippen LogP contribution in [0.2, 0.25) is 19.6 Å². The van der Waals surface area contributed by atoms with Gasteiger partial charge in [-0.2, -0.15) is 0 Å². The second-order valence-electron chi connectivity index (χ2n) is 9.16.